The fourth-order valence-electron chi connectivity index (χ4n) is 9.37. The molecule has 26 heteroatoms. The maximum Gasteiger partial charge on any atom is 0.335 e. The number of benzene rings is 1. The number of ether oxygens (including phenoxy) is 6. The van der Waals surface area contributed by atoms with Crippen LogP contribution in [0.15, 0.2) is 36.8 Å². The number of aliphatic carboxylic acids is 1. The summed E-state index contributed by atoms with van der Waals surface area (Å²) in [6.07, 6.45) is 10.4. The highest BCUT2D eigenvalue weighted by atomic mass is 16.6. The molecule has 0 unspecified atom stereocenters. The number of carbonyl (C=O) groups excluding carboxylic acids is 9. The number of ketones is 4. The zero-order valence-electron chi connectivity index (χ0n) is 54.6. The Morgan fingerprint density at radius 3 is 1.82 bits per heavy atom. The van der Waals surface area contributed by atoms with E-state index in [1.54, 1.807) is 32.9 Å². The van der Waals surface area contributed by atoms with E-state index < -0.39 is 53.8 Å². The smallest absolute Gasteiger partial charge is 0.335 e. The maximum atomic E-state index is 13.8. The van der Waals surface area contributed by atoms with Gasteiger partial charge in [-0.2, -0.15) is 0 Å². The summed E-state index contributed by atoms with van der Waals surface area (Å²) in [5.41, 5.74) is 0.737. The predicted octanol–water partition coefficient (Wildman–Crippen LogP) is 5.46. The van der Waals surface area contributed by atoms with Crippen LogP contribution in [0.5, 0.6) is 5.75 Å². The SMILES string of the molecule is CC[C@H](C(=O)N[C@H](C(=O)O[C@@H](Cc1cnc[nH]1)C(=O)CN[C@@H](CCCCNC(=O)COCCOCCNC(=O)COCCOCCCC(=O)CC[C@H](NC(=O)CCCCCCCCCOc1ccc(C(=O)O)cc1)C(=O)O)C(=O)C[C@@H](C)C(C)=O)C(C)C)C(C)C. The molecule has 0 fully saturated rings. The molecule has 6 atom stereocenters. The molecular formula is C65H103N7O19. The van der Waals surface area contributed by atoms with Crippen LogP contribution in [0.2, 0.25) is 0 Å². The largest absolute Gasteiger partial charge is 0.494 e. The molecular weight excluding hydrogens is 1180 g/mol. The molecule has 1 aromatic heterocycles. The predicted molar refractivity (Wildman–Crippen MR) is 336 cm³/mol. The summed E-state index contributed by atoms with van der Waals surface area (Å²) in [5.74, 6) is -5.93. The van der Waals surface area contributed by atoms with Crippen LogP contribution in [0.3, 0.4) is 0 Å². The van der Waals surface area contributed by atoms with Crippen LogP contribution < -0.4 is 31.3 Å². The van der Waals surface area contributed by atoms with Gasteiger partial charge in [0.15, 0.2) is 11.9 Å². The number of esters is 1. The van der Waals surface area contributed by atoms with Gasteiger partial charge in [-0.05, 0) is 94.4 Å². The normalized spacial score (nSPS) is 13.3. The number of carboxylic acids is 2. The average Bonchev–Trinajstić information content (AvgIpc) is 2.04. The third kappa shape index (κ3) is 37.2. The lowest BCUT2D eigenvalue weighted by molar-refractivity contribution is -0.159. The summed E-state index contributed by atoms with van der Waals surface area (Å²) in [6.45, 7) is 13.7. The fraction of sp³-hybridized carbons (Fsp3) is 0.692. The van der Waals surface area contributed by atoms with Crippen LogP contribution in [0.25, 0.3) is 0 Å². The number of aromatic carboxylic acids is 1. The zero-order valence-corrected chi connectivity index (χ0v) is 54.6. The molecule has 0 aliphatic rings. The second-order valence-corrected chi connectivity index (χ2v) is 23.3. The molecule has 1 heterocycles. The number of carbonyl (C=O) groups is 11. The molecule has 0 radical (unpaired) electrons. The van der Waals surface area contributed by atoms with Crippen molar-refractivity contribution >= 4 is 64.7 Å². The number of H-pyrrole nitrogens is 1. The standard InChI is InChI=1S/C65H103N7O19/c1-8-52(44(2)3)62(80)72-61(45(4)5)65(85)91-57(38-49-39-66-43-70-49)56(76)40-69-53(55(75)37-46(6)47(7)73)20-15-16-28-67-59(78)41-89-36-34-87-32-29-68-60(79)42-88-35-33-86-30-18-19-50(74)24-27-54(64(83)84)71-58(77)21-14-12-10-9-11-13-17-31-90-51-25-22-48(23-26-51)63(81)82/h22-23,25-26,39,43-46,52-54,57,61,69H,8-21,24,27-38,40-42H2,1-7H3,(H,66,70)(H,67,78)(H,68,79)(H,71,77)(H,72,80)(H,81,82)(H,83,84)/t46-,52+,53+,54+,57+,61+/m1/s1. The zero-order chi connectivity index (χ0) is 67.3. The average molecular weight is 1290 g/mol. The van der Waals surface area contributed by atoms with Gasteiger partial charge in [-0.25, -0.2) is 19.4 Å². The molecule has 1 aromatic carbocycles. The summed E-state index contributed by atoms with van der Waals surface area (Å²) >= 11 is 0. The molecule has 4 amide bonds. The van der Waals surface area contributed by atoms with Crippen LogP contribution in [-0.2, 0) is 78.1 Å². The van der Waals surface area contributed by atoms with E-state index in [4.69, 9.17) is 33.5 Å². The van der Waals surface area contributed by atoms with Crippen LogP contribution in [0, 0.1) is 23.7 Å². The number of carboxylic acid groups (broad SMARTS) is 2. The molecule has 91 heavy (non-hydrogen) atoms. The lowest BCUT2D eigenvalue weighted by Crippen LogP contribution is -2.50. The molecule has 512 valence electrons. The van der Waals surface area contributed by atoms with Gasteiger partial charge in [-0.1, -0.05) is 73.6 Å². The second kappa shape index (κ2) is 47.8. The Balaban J connectivity index is 1.55. The van der Waals surface area contributed by atoms with Crippen molar-refractivity contribution in [3.8, 4) is 5.75 Å². The summed E-state index contributed by atoms with van der Waals surface area (Å²) in [6, 6.07) is 3.29. The number of aromatic amines is 1. The van der Waals surface area contributed by atoms with Crippen LogP contribution in [0.4, 0.5) is 0 Å². The molecule has 0 saturated carbocycles. The van der Waals surface area contributed by atoms with Gasteiger partial charge in [0.2, 0.25) is 23.6 Å². The minimum absolute atomic E-state index is 0.00164. The monoisotopic (exact) mass is 1290 g/mol. The lowest BCUT2D eigenvalue weighted by atomic mass is 9.91. The Morgan fingerprint density at radius 1 is 0.604 bits per heavy atom. The maximum absolute atomic E-state index is 13.8. The first-order valence-corrected chi connectivity index (χ1v) is 32.1. The van der Waals surface area contributed by atoms with E-state index in [1.165, 1.54) is 31.6 Å². The quantitative estimate of drug-likeness (QED) is 0.0301. The van der Waals surface area contributed by atoms with Gasteiger partial charge >= 0.3 is 17.9 Å². The van der Waals surface area contributed by atoms with E-state index in [9.17, 15) is 57.8 Å². The molecule has 2 rings (SSSR count). The summed E-state index contributed by atoms with van der Waals surface area (Å²) < 4.78 is 33.2. The van der Waals surface area contributed by atoms with E-state index in [1.807, 2.05) is 20.8 Å². The number of nitrogens with one attached hydrogen (secondary N) is 6. The van der Waals surface area contributed by atoms with Crippen LogP contribution in [0.1, 0.15) is 174 Å². The molecule has 2 aromatic rings. The third-order valence-corrected chi connectivity index (χ3v) is 15.0. The first kappa shape index (κ1) is 80.1. The van der Waals surface area contributed by atoms with Gasteiger partial charge in [0.25, 0.3) is 0 Å². The molecule has 0 bridgehead atoms. The first-order chi connectivity index (χ1) is 43.5. The fourth-order valence-corrected chi connectivity index (χ4v) is 9.37. The van der Waals surface area contributed by atoms with E-state index in [0.29, 0.717) is 50.2 Å². The Labute approximate surface area is 535 Å². The van der Waals surface area contributed by atoms with Crippen molar-refractivity contribution in [2.45, 2.75) is 188 Å². The van der Waals surface area contributed by atoms with Crippen LogP contribution in [-0.4, -0.2) is 188 Å². The van der Waals surface area contributed by atoms with E-state index >= 15 is 0 Å². The molecule has 26 nitrogen and oxygen atoms in total. The summed E-state index contributed by atoms with van der Waals surface area (Å²) in [5, 5.41) is 32.4. The van der Waals surface area contributed by atoms with Crippen molar-refractivity contribution in [3.05, 3.63) is 48.0 Å². The number of nitrogens with zero attached hydrogens (tertiary/aromatic N) is 1. The van der Waals surface area contributed by atoms with Crippen molar-refractivity contribution in [1.82, 2.24) is 36.6 Å². The number of rotatable bonds is 56. The Hall–Kier alpha value is -7.00. The number of Topliss-reactive ketones (excluding diaryl/α,β-unsaturated/α-hetero) is 4. The molecule has 0 aliphatic heterocycles. The van der Waals surface area contributed by atoms with Gasteiger partial charge in [0.1, 0.15) is 48.4 Å². The van der Waals surface area contributed by atoms with E-state index in [2.05, 4.69) is 36.6 Å². The van der Waals surface area contributed by atoms with Crippen molar-refractivity contribution in [3.63, 3.8) is 0 Å². The molecule has 0 aliphatic carbocycles. The van der Waals surface area contributed by atoms with E-state index in [-0.39, 0.29) is 182 Å². The van der Waals surface area contributed by atoms with Gasteiger partial charge in [0, 0.05) is 75.5 Å². The number of aromatic nitrogens is 2. The highest BCUT2D eigenvalue weighted by molar-refractivity contribution is 5.92. The highest BCUT2D eigenvalue weighted by Crippen LogP contribution is 2.19. The topological polar surface area (TPSA) is 372 Å². The van der Waals surface area contributed by atoms with Gasteiger partial charge in [-0.3, -0.25) is 38.4 Å². The van der Waals surface area contributed by atoms with Gasteiger partial charge in [-0.15, -0.1) is 0 Å². The number of amides is 4. The Morgan fingerprint density at radius 2 is 1.23 bits per heavy atom. The minimum Gasteiger partial charge on any atom is -0.494 e. The summed E-state index contributed by atoms with van der Waals surface area (Å²) in [7, 11) is 0. The van der Waals surface area contributed by atoms with Gasteiger partial charge in [0.05, 0.1) is 64.1 Å². The molecule has 0 spiro atoms. The molecule has 8 N–H and O–H groups in total. The Kier molecular flexibility index (Phi) is 42.1. The van der Waals surface area contributed by atoms with Crippen molar-refractivity contribution in [2.24, 2.45) is 23.7 Å². The Bertz CT molecular complexity index is 2490. The number of imidazole rings is 1. The van der Waals surface area contributed by atoms with Crippen LogP contribution >= 0.6 is 0 Å². The van der Waals surface area contributed by atoms with E-state index in [0.717, 1.165) is 38.5 Å². The first-order valence-electron chi connectivity index (χ1n) is 32.1. The molecule has 0 saturated heterocycles. The third-order valence-electron chi connectivity index (χ3n) is 15.0. The van der Waals surface area contributed by atoms with Crippen molar-refractivity contribution in [2.75, 3.05) is 79.1 Å². The number of hydrogen-bond acceptors (Lipinski definition) is 19. The highest BCUT2D eigenvalue weighted by Gasteiger charge is 2.34. The summed E-state index contributed by atoms with van der Waals surface area (Å²) in [4.78, 5) is 145. The number of unbranched alkanes of at least 4 members (excludes halogenated alkanes) is 7. The second-order valence-electron chi connectivity index (χ2n) is 23.3. The minimum atomic E-state index is -1.28. The van der Waals surface area contributed by atoms with Crippen molar-refractivity contribution < 1.29 is 91.4 Å². The van der Waals surface area contributed by atoms with Crippen molar-refractivity contribution in [1.29, 1.82) is 0 Å². The number of hydrogen-bond donors (Lipinski definition) is 8. The van der Waals surface area contributed by atoms with Gasteiger partial charge < -0.3 is 70.2 Å². The lowest BCUT2D eigenvalue weighted by Gasteiger charge is -2.27.